The van der Waals surface area contributed by atoms with E-state index in [-0.39, 0.29) is 17.9 Å². The summed E-state index contributed by atoms with van der Waals surface area (Å²) in [6.45, 7) is 18.7. The molecule has 1 atom stereocenters. The molecule has 5 heteroatoms. The lowest BCUT2D eigenvalue weighted by Gasteiger charge is -2.35. The molecular weight excluding hydrogens is 376 g/mol. The molecule has 0 amide bonds. The number of fused-ring (bicyclic) bond motifs is 5. The summed E-state index contributed by atoms with van der Waals surface area (Å²) in [5.41, 5.74) is 5.09. The summed E-state index contributed by atoms with van der Waals surface area (Å²) in [6, 6.07) is 3.85. The Morgan fingerprint density at radius 3 is 2.63 bits per heavy atom. The number of benzene rings is 1. The summed E-state index contributed by atoms with van der Waals surface area (Å²) >= 11 is 0. The third-order valence-electron chi connectivity index (χ3n) is 6.90. The Morgan fingerprint density at radius 2 is 1.93 bits per heavy atom. The fourth-order valence-corrected chi connectivity index (χ4v) is 4.92. The van der Waals surface area contributed by atoms with Gasteiger partial charge in [-0.3, -0.25) is 4.79 Å². The van der Waals surface area contributed by atoms with Crippen LogP contribution in [0.5, 0.6) is 0 Å². The summed E-state index contributed by atoms with van der Waals surface area (Å²) in [6.07, 6.45) is 0.370. The van der Waals surface area contributed by atoms with Crippen LogP contribution in [0.2, 0.25) is 0 Å². The maximum atomic E-state index is 13.4. The minimum Gasteiger partial charge on any atom is -0.490 e. The Kier molecular flexibility index (Phi) is 3.72. The predicted molar refractivity (Wildman–Crippen MR) is 118 cm³/mol. The highest BCUT2D eigenvalue weighted by atomic mass is 16.5. The van der Waals surface area contributed by atoms with E-state index in [2.05, 4.69) is 26.7 Å². The first-order valence-corrected chi connectivity index (χ1v) is 10.1. The fraction of sp³-hybridized carbons (Fsp3) is 0.280. The van der Waals surface area contributed by atoms with E-state index < -0.39 is 5.60 Å². The highest BCUT2D eigenvalue weighted by molar-refractivity contribution is 5.90. The van der Waals surface area contributed by atoms with E-state index in [1.165, 1.54) is 0 Å². The van der Waals surface area contributed by atoms with Crippen LogP contribution in [0, 0.1) is 13.8 Å². The number of ether oxygens (including phenoxy) is 1. The molecule has 2 aliphatic heterocycles. The second-order valence-electron chi connectivity index (χ2n) is 8.34. The Labute approximate surface area is 174 Å². The quantitative estimate of drug-likeness (QED) is 0.533. The SMILES string of the molecule is C=C1OCc2c(cc3n(c2=O)Cc2c-3nc3cc(=C)c(=C)c(C)c3c2C)C1(O)CC. The predicted octanol–water partition coefficient (Wildman–Crippen LogP) is 2.50. The number of hydrogen-bond donors (Lipinski definition) is 1. The maximum Gasteiger partial charge on any atom is 0.258 e. The molecule has 5 nitrogen and oxygen atoms in total. The second kappa shape index (κ2) is 5.92. The summed E-state index contributed by atoms with van der Waals surface area (Å²) in [5.74, 6) is 0.281. The number of nitrogens with zero attached hydrogens (tertiary/aromatic N) is 2. The van der Waals surface area contributed by atoms with Crippen molar-refractivity contribution in [2.45, 2.75) is 45.9 Å². The van der Waals surface area contributed by atoms with Gasteiger partial charge in [-0.1, -0.05) is 26.7 Å². The van der Waals surface area contributed by atoms with Crippen LogP contribution in [0.25, 0.3) is 35.4 Å². The molecule has 0 bridgehead atoms. The van der Waals surface area contributed by atoms with E-state index in [1.54, 1.807) is 4.57 Å². The van der Waals surface area contributed by atoms with Crippen molar-refractivity contribution in [2.24, 2.45) is 0 Å². The van der Waals surface area contributed by atoms with E-state index in [9.17, 15) is 9.90 Å². The molecule has 0 aliphatic carbocycles. The van der Waals surface area contributed by atoms with Gasteiger partial charge in [0, 0.05) is 16.5 Å². The van der Waals surface area contributed by atoms with Crippen molar-refractivity contribution in [1.29, 1.82) is 0 Å². The van der Waals surface area contributed by atoms with E-state index in [4.69, 9.17) is 9.72 Å². The average molecular weight is 400 g/mol. The minimum absolute atomic E-state index is 0.120. The normalized spacial score (nSPS) is 19.4. The van der Waals surface area contributed by atoms with Gasteiger partial charge in [-0.05, 0) is 54.0 Å². The number of aryl methyl sites for hydroxylation is 2. The standard InChI is InChI=1S/C25H24N2O3/c1-7-25(29)16(6)30-11-18-19(25)9-21-23-17(10-27(21)24(18)28)15(5)22-14(4)13(3)12(2)8-20(22)26-23/h8-9,29H,2-3,6-7,10-11H2,1,4-5H3. The molecule has 1 N–H and O–H groups in total. The number of pyridine rings is 2. The second-order valence-corrected chi connectivity index (χ2v) is 8.34. The molecular formula is C25H24N2O3. The van der Waals surface area contributed by atoms with Crippen LogP contribution in [-0.4, -0.2) is 14.7 Å². The lowest BCUT2D eigenvalue weighted by Crippen LogP contribution is -2.38. The molecule has 152 valence electrons. The smallest absolute Gasteiger partial charge is 0.258 e. The van der Waals surface area contributed by atoms with Gasteiger partial charge < -0.3 is 14.4 Å². The number of aliphatic hydroxyl groups is 1. The van der Waals surface area contributed by atoms with Crippen LogP contribution in [0.1, 0.15) is 41.2 Å². The van der Waals surface area contributed by atoms with Gasteiger partial charge in [0.2, 0.25) is 0 Å². The number of rotatable bonds is 1. The first-order chi connectivity index (χ1) is 14.2. The molecule has 0 saturated heterocycles. The van der Waals surface area contributed by atoms with Crippen LogP contribution in [0.15, 0.2) is 29.3 Å². The Morgan fingerprint density at radius 1 is 1.20 bits per heavy atom. The zero-order valence-electron chi connectivity index (χ0n) is 17.6. The van der Waals surface area contributed by atoms with Gasteiger partial charge in [0.25, 0.3) is 5.56 Å². The van der Waals surface area contributed by atoms with Crippen molar-refractivity contribution in [3.05, 3.63) is 73.1 Å². The molecule has 0 fully saturated rings. The third-order valence-corrected chi connectivity index (χ3v) is 6.90. The van der Waals surface area contributed by atoms with Crippen LogP contribution >= 0.6 is 0 Å². The zero-order chi connectivity index (χ0) is 21.5. The largest absolute Gasteiger partial charge is 0.490 e. The van der Waals surface area contributed by atoms with Crippen LogP contribution in [-0.2, 0) is 23.5 Å². The van der Waals surface area contributed by atoms with Crippen molar-refractivity contribution in [2.75, 3.05) is 0 Å². The molecule has 2 aromatic heterocycles. The van der Waals surface area contributed by atoms with Crippen LogP contribution in [0.3, 0.4) is 0 Å². The van der Waals surface area contributed by atoms with E-state index in [0.717, 1.165) is 49.4 Å². The van der Waals surface area contributed by atoms with Gasteiger partial charge in [-0.15, -0.1) is 0 Å². The van der Waals surface area contributed by atoms with Crippen molar-refractivity contribution in [3.63, 3.8) is 0 Å². The molecule has 5 rings (SSSR count). The molecule has 1 unspecified atom stereocenters. The summed E-state index contributed by atoms with van der Waals surface area (Å²) in [5, 5.41) is 14.1. The molecule has 0 spiro atoms. The van der Waals surface area contributed by atoms with Crippen molar-refractivity contribution < 1.29 is 9.84 Å². The Balaban J connectivity index is 1.87. The van der Waals surface area contributed by atoms with Crippen molar-refractivity contribution in [1.82, 2.24) is 9.55 Å². The highest BCUT2D eigenvalue weighted by Crippen LogP contribution is 2.42. The first kappa shape index (κ1) is 18.8. The van der Waals surface area contributed by atoms with Gasteiger partial charge in [0.15, 0.2) is 0 Å². The van der Waals surface area contributed by atoms with Crippen LogP contribution in [0.4, 0.5) is 0 Å². The number of hydrogen-bond acceptors (Lipinski definition) is 4. The summed E-state index contributed by atoms with van der Waals surface area (Å²) < 4.78 is 7.31. The molecule has 4 heterocycles. The summed E-state index contributed by atoms with van der Waals surface area (Å²) in [7, 11) is 0. The molecule has 0 radical (unpaired) electrons. The lowest BCUT2D eigenvalue weighted by molar-refractivity contribution is -0.0172. The Hall–Kier alpha value is -3.18. The van der Waals surface area contributed by atoms with Crippen molar-refractivity contribution >= 4 is 24.1 Å². The molecule has 1 aromatic carbocycles. The highest BCUT2D eigenvalue weighted by Gasteiger charge is 2.41. The molecule has 30 heavy (non-hydrogen) atoms. The van der Waals surface area contributed by atoms with E-state index in [1.807, 2.05) is 26.0 Å². The van der Waals surface area contributed by atoms with Crippen molar-refractivity contribution in [3.8, 4) is 11.4 Å². The van der Waals surface area contributed by atoms with Gasteiger partial charge in [-0.25, -0.2) is 4.98 Å². The fourth-order valence-electron chi connectivity index (χ4n) is 4.92. The Bertz CT molecular complexity index is 1470. The van der Waals surface area contributed by atoms with Gasteiger partial charge in [0.05, 0.1) is 29.0 Å². The zero-order valence-corrected chi connectivity index (χ0v) is 17.6. The number of aromatic nitrogens is 2. The minimum atomic E-state index is -1.38. The molecule has 2 aliphatic rings. The third kappa shape index (κ3) is 2.16. The van der Waals surface area contributed by atoms with E-state index >= 15 is 0 Å². The monoisotopic (exact) mass is 400 g/mol. The van der Waals surface area contributed by atoms with Gasteiger partial charge in [0.1, 0.15) is 18.0 Å². The first-order valence-electron chi connectivity index (χ1n) is 10.1. The van der Waals surface area contributed by atoms with Gasteiger partial charge >= 0.3 is 0 Å². The lowest BCUT2D eigenvalue weighted by atomic mass is 9.84. The van der Waals surface area contributed by atoms with Crippen LogP contribution < -0.4 is 16.0 Å². The molecule has 3 aromatic rings. The average Bonchev–Trinajstić information content (AvgIpc) is 3.09. The van der Waals surface area contributed by atoms with E-state index in [0.29, 0.717) is 24.1 Å². The summed E-state index contributed by atoms with van der Waals surface area (Å²) in [4.78, 5) is 18.3. The maximum absolute atomic E-state index is 13.4. The topological polar surface area (TPSA) is 64.4 Å². The molecule has 0 saturated carbocycles. The van der Waals surface area contributed by atoms with Gasteiger partial charge in [-0.2, -0.15) is 0 Å².